The molecule has 1 atom stereocenters. The van der Waals surface area contributed by atoms with Crippen LogP contribution in [0.25, 0.3) is 0 Å². The minimum absolute atomic E-state index is 1.35. The van der Waals surface area contributed by atoms with Crippen LogP contribution in [0.15, 0.2) is 0 Å². The van der Waals surface area contributed by atoms with Gasteiger partial charge in [-0.3, -0.25) is 0 Å². The zero-order valence-corrected chi connectivity index (χ0v) is 10.9. The molecule has 0 fully saturated rings. The fraction of sp³-hybridized carbons (Fsp3) is 1.00. The van der Waals surface area contributed by atoms with E-state index in [1.54, 1.807) is 0 Å². The lowest BCUT2D eigenvalue weighted by Crippen LogP contribution is -2.66. The molecule has 0 radical (unpaired) electrons. The van der Waals surface area contributed by atoms with Crippen LogP contribution in [0.4, 0.5) is 43.9 Å². The highest BCUT2D eigenvalue weighted by Gasteiger charge is 2.85. The summed E-state index contributed by atoms with van der Waals surface area (Å²) in [5.41, 5.74) is 0. The van der Waals surface area contributed by atoms with E-state index < -0.39 is 33.9 Å². The lowest BCUT2D eigenvalue weighted by Gasteiger charge is -2.37. The molecule has 0 aromatic carbocycles. The average molecular weight is 424 g/mol. The SMILES string of the molecule is FC(F)(F)C(F)(F)C(F)(F)C(F)(F)C(F)(Br)CBr. The fourth-order valence-corrected chi connectivity index (χ4v) is 1.29. The molecule has 0 aliphatic carbocycles. The third kappa shape index (κ3) is 2.46. The number of halogens is 12. The van der Waals surface area contributed by atoms with Gasteiger partial charge >= 0.3 is 23.9 Å². The lowest BCUT2D eigenvalue weighted by molar-refractivity contribution is -0.403. The van der Waals surface area contributed by atoms with Crippen LogP contribution in [-0.4, -0.2) is 33.9 Å². The Morgan fingerprint density at radius 3 is 1.17 bits per heavy atom. The highest BCUT2D eigenvalue weighted by molar-refractivity contribution is 9.12. The van der Waals surface area contributed by atoms with Crippen LogP contribution in [0.2, 0.25) is 0 Å². The van der Waals surface area contributed by atoms with Gasteiger partial charge in [0.25, 0.3) is 0 Å². The molecule has 0 N–H and O–H groups in total. The zero-order valence-electron chi connectivity index (χ0n) is 7.74. The van der Waals surface area contributed by atoms with E-state index in [4.69, 9.17) is 0 Å². The smallest absolute Gasteiger partial charge is 0.223 e. The van der Waals surface area contributed by atoms with Gasteiger partial charge in [0, 0.05) is 0 Å². The Hall–Kier alpha value is 0.260. The molecule has 0 spiro atoms. The minimum atomic E-state index is -7.10. The van der Waals surface area contributed by atoms with E-state index in [2.05, 4.69) is 0 Å². The molecule has 110 valence electrons. The van der Waals surface area contributed by atoms with E-state index in [9.17, 15) is 43.9 Å². The Morgan fingerprint density at radius 2 is 0.944 bits per heavy atom. The molecule has 12 heteroatoms. The molecule has 0 saturated heterocycles. The Kier molecular flexibility index (Phi) is 4.74. The Labute approximate surface area is 110 Å². The highest BCUT2D eigenvalue weighted by atomic mass is 79.9. The summed E-state index contributed by atoms with van der Waals surface area (Å²) < 4.78 is 119. The van der Waals surface area contributed by atoms with Crippen molar-refractivity contribution in [1.29, 1.82) is 0 Å². The quantitative estimate of drug-likeness (QED) is 0.445. The molecular formula is C6H2Br2F10. The summed E-state index contributed by atoms with van der Waals surface area (Å²) in [7, 11) is 0. The van der Waals surface area contributed by atoms with E-state index in [-0.39, 0.29) is 0 Å². The third-order valence-electron chi connectivity index (χ3n) is 1.77. The number of hydrogen-bond donors (Lipinski definition) is 0. The molecule has 1 unspecified atom stereocenters. The molecule has 0 aliphatic heterocycles. The molecule has 18 heavy (non-hydrogen) atoms. The maximum absolute atomic E-state index is 13.0. The monoisotopic (exact) mass is 422 g/mol. The van der Waals surface area contributed by atoms with Gasteiger partial charge in [-0.2, -0.15) is 39.5 Å². The van der Waals surface area contributed by atoms with Crippen LogP contribution < -0.4 is 0 Å². The van der Waals surface area contributed by atoms with Gasteiger partial charge in [0.15, 0.2) is 0 Å². The second-order valence-corrected chi connectivity index (χ2v) is 4.88. The summed E-state index contributed by atoms with van der Waals surface area (Å²) in [6.45, 7) is 0. The van der Waals surface area contributed by atoms with Crippen molar-refractivity contribution in [3.63, 3.8) is 0 Å². The van der Waals surface area contributed by atoms with Crippen LogP contribution in [0.1, 0.15) is 0 Å². The standard InChI is InChI=1S/C6H2Br2F10/c7-1-2(8,9)3(10,11)4(12,13)5(14,15)6(16,17)18/h1H2. The van der Waals surface area contributed by atoms with Crippen molar-refractivity contribution in [2.24, 2.45) is 0 Å². The minimum Gasteiger partial charge on any atom is -0.223 e. The van der Waals surface area contributed by atoms with Crippen LogP contribution in [-0.2, 0) is 0 Å². The van der Waals surface area contributed by atoms with Gasteiger partial charge in [0.05, 0.1) is 5.33 Å². The third-order valence-corrected chi connectivity index (χ3v) is 4.08. The van der Waals surface area contributed by atoms with Gasteiger partial charge in [0.2, 0.25) is 4.58 Å². The van der Waals surface area contributed by atoms with Gasteiger partial charge in [-0.1, -0.05) is 15.9 Å². The fourth-order valence-electron chi connectivity index (χ4n) is 0.689. The maximum Gasteiger partial charge on any atom is 0.460 e. The molecule has 0 aromatic heterocycles. The average Bonchev–Trinajstić information content (AvgIpc) is 2.15. The summed E-state index contributed by atoms with van der Waals surface area (Å²) in [5, 5.41) is -1.64. The number of alkyl halides is 12. The molecule has 0 nitrogen and oxygen atoms in total. The Bertz CT molecular complexity index is 306. The van der Waals surface area contributed by atoms with E-state index in [0.717, 1.165) is 0 Å². The second kappa shape index (κ2) is 4.67. The van der Waals surface area contributed by atoms with Crippen LogP contribution in [0, 0.1) is 0 Å². The van der Waals surface area contributed by atoms with Crippen molar-refractivity contribution in [2.75, 3.05) is 5.33 Å². The number of hydrogen-bond acceptors (Lipinski definition) is 0. The highest BCUT2D eigenvalue weighted by Crippen LogP contribution is 2.58. The first kappa shape index (κ1) is 18.3. The zero-order chi connectivity index (χ0) is 15.2. The molecule has 0 bridgehead atoms. The molecule has 0 saturated carbocycles. The van der Waals surface area contributed by atoms with E-state index >= 15 is 0 Å². The van der Waals surface area contributed by atoms with Gasteiger partial charge in [-0.15, -0.1) is 0 Å². The summed E-state index contributed by atoms with van der Waals surface area (Å²) >= 11 is 3.31. The Morgan fingerprint density at radius 1 is 0.611 bits per heavy atom. The van der Waals surface area contributed by atoms with Gasteiger partial charge < -0.3 is 0 Å². The summed E-state index contributed by atoms with van der Waals surface area (Å²) in [4.78, 5) is 0. The van der Waals surface area contributed by atoms with E-state index in [1.165, 1.54) is 15.9 Å². The van der Waals surface area contributed by atoms with Gasteiger partial charge in [0.1, 0.15) is 0 Å². The summed E-state index contributed by atoms with van der Waals surface area (Å²) in [6, 6.07) is 0. The largest absolute Gasteiger partial charge is 0.460 e. The first-order chi connectivity index (χ1) is 7.56. The van der Waals surface area contributed by atoms with Crippen molar-refractivity contribution < 1.29 is 43.9 Å². The summed E-state index contributed by atoms with van der Waals surface area (Å²) in [5.74, 6) is -20.4. The molecule has 0 aliphatic rings. The van der Waals surface area contributed by atoms with Gasteiger partial charge in [-0.25, -0.2) is 4.39 Å². The van der Waals surface area contributed by atoms with Crippen molar-refractivity contribution >= 4 is 31.9 Å². The predicted octanol–water partition coefficient (Wildman–Crippen LogP) is 4.91. The second-order valence-electron chi connectivity index (χ2n) is 3.06. The van der Waals surface area contributed by atoms with E-state index in [1.807, 2.05) is 15.9 Å². The van der Waals surface area contributed by atoms with Crippen LogP contribution in [0.3, 0.4) is 0 Å². The molecule has 0 amide bonds. The summed E-state index contributed by atoms with van der Waals surface area (Å²) in [6.07, 6.45) is -6.96. The number of rotatable bonds is 4. The van der Waals surface area contributed by atoms with E-state index in [0.29, 0.717) is 0 Å². The van der Waals surface area contributed by atoms with Crippen LogP contribution >= 0.6 is 31.9 Å². The molecule has 0 heterocycles. The normalized spacial score (nSPS) is 18.7. The van der Waals surface area contributed by atoms with Crippen molar-refractivity contribution in [1.82, 2.24) is 0 Å². The molecule has 0 rings (SSSR count). The van der Waals surface area contributed by atoms with Crippen LogP contribution in [0.5, 0.6) is 0 Å². The Balaban J connectivity index is 5.80. The first-order valence-electron chi connectivity index (χ1n) is 3.70. The molecular weight excluding hydrogens is 422 g/mol. The van der Waals surface area contributed by atoms with Crippen molar-refractivity contribution in [3.8, 4) is 0 Å². The van der Waals surface area contributed by atoms with Crippen molar-refractivity contribution in [3.05, 3.63) is 0 Å². The topological polar surface area (TPSA) is 0 Å². The predicted molar refractivity (Wildman–Crippen MR) is 47.5 cm³/mol. The van der Waals surface area contributed by atoms with Gasteiger partial charge in [-0.05, 0) is 15.9 Å². The maximum atomic E-state index is 13.0. The lowest BCUT2D eigenvalue weighted by atomic mass is 10.0. The van der Waals surface area contributed by atoms with Crippen molar-refractivity contribution in [2.45, 2.75) is 28.5 Å². The molecule has 0 aromatic rings. The first-order valence-corrected chi connectivity index (χ1v) is 5.61.